The average Bonchev–Trinajstić information content (AvgIpc) is 2.58. The van der Waals surface area contributed by atoms with Gasteiger partial charge in [-0.25, -0.2) is 0 Å². The van der Waals surface area contributed by atoms with Crippen LogP contribution in [0.25, 0.3) is 0 Å². The Hall–Kier alpha value is -0.860. The summed E-state index contributed by atoms with van der Waals surface area (Å²) in [6.07, 6.45) is 5.37. The van der Waals surface area contributed by atoms with E-state index in [4.69, 9.17) is 9.47 Å². The number of halogens is 1. The van der Waals surface area contributed by atoms with Crippen molar-refractivity contribution in [1.82, 2.24) is 10.6 Å². The predicted molar refractivity (Wildman–Crippen MR) is 116 cm³/mol. The lowest BCUT2D eigenvalue weighted by molar-refractivity contribution is -0.168. The number of benzene rings is 1. The van der Waals surface area contributed by atoms with E-state index in [1.807, 2.05) is 25.2 Å². The highest BCUT2D eigenvalue weighted by Gasteiger charge is 2.59. The third-order valence-electron chi connectivity index (χ3n) is 5.62. The molecule has 146 valence electrons. The van der Waals surface area contributed by atoms with Crippen molar-refractivity contribution in [3.8, 4) is 0 Å². The predicted octanol–water partition coefficient (Wildman–Crippen LogP) is 3.33. The summed E-state index contributed by atoms with van der Waals surface area (Å²) in [4.78, 5) is 4.36. The molecular weight excluding hydrogens is 441 g/mol. The molecule has 0 amide bonds. The Morgan fingerprint density at radius 1 is 1.27 bits per heavy atom. The zero-order valence-corrected chi connectivity index (χ0v) is 18.2. The monoisotopic (exact) mass is 473 g/mol. The van der Waals surface area contributed by atoms with E-state index in [1.165, 1.54) is 24.8 Å². The molecule has 6 heteroatoms. The first-order chi connectivity index (χ1) is 12.3. The van der Waals surface area contributed by atoms with Gasteiger partial charge in [-0.3, -0.25) is 4.99 Å². The Kier molecular flexibility index (Phi) is 8.63. The minimum atomic E-state index is 0. The Balaban J connectivity index is 0.00000243. The molecule has 0 bridgehead atoms. The molecule has 1 spiro atoms. The van der Waals surface area contributed by atoms with Crippen molar-refractivity contribution in [3.05, 3.63) is 35.9 Å². The van der Waals surface area contributed by atoms with Crippen LogP contribution >= 0.6 is 24.0 Å². The lowest BCUT2D eigenvalue weighted by Crippen LogP contribution is -2.68. The Bertz CT molecular complexity index is 563. The number of hydrogen-bond acceptors (Lipinski definition) is 3. The first kappa shape index (κ1) is 21.4. The third-order valence-corrected chi connectivity index (χ3v) is 5.62. The van der Waals surface area contributed by atoms with Crippen molar-refractivity contribution < 1.29 is 9.47 Å². The normalized spacial score (nSPS) is 23.5. The molecule has 2 atom stereocenters. The topological polar surface area (TPSA) is 54.9 Å². The number of guanidine groups is 1. The molecule has 0 radical (unpaired) electrons. The van der Waals surface area contributed by atoms with Crippen molar-refractivity contribution in [3.63, 3.8) is 0 Å². The van der Waals surface area contributed by atoms with Gasteiger partial charge in [0.1, 0.15) is 0 Å². The zero-order valence-electron chi connectivity index (χ0n) is 15.9. The summed E-state index contributed by atoms with van der Waals surface area (Å²) < 4.78 is 11.6. The molecule has 2 fully saturated rings. The van der Waals surface area contributed by atoms with Crippen LogP contribution in [0.5, 0.6) is 0 Å². The maximum atomic E-state index is 5.92. The van der Waals surface area contributed by atoms with E-state index in [0.29, 0.717) is 30.8 Å². The number of nitrogens with one attached hydrogen (secondary N) is 2. The molecule has 2 aliphatic rings. The summed E-state index contributed by atoms with van der Waals surface area (Å²) in [5.41, 5.74) is 1.55. The van der Waals surface area contributed by atoms with Crippen LogP contribution in [0.2, 0.25) is 0 Å². The number of aliphatic imine (C=N–C) groups is 1. The second-order valence-corrected chi connectivity index (χ2v) is 7.00. The fourth-order valence-electron chi connectivity index (χ4n) is 4.01. The van der Waals surface area contributed by atoms with Gasteiger partial charge in [0, 0.05) is 31.7 Å². The van der Waals surface area contributed by atoms with Crippen LogP contribution < -0.4 is 10.6 Å². The largest absolute Gasteiger partial charge is 0.378 e. The maximum absolute atomic E-state index is 5.92. The molecule has 3 rings (SSSR count). The van der Waals surface area contributed by atoms with Gasteiger partial charge in [-0.2, -0.15) is 0 Å². The van der Waals surface area contributed by atoms with Crippen LogP contribution in [0.1, 0.15) is 38.2 Å². The highest BCUT2D eigenvalue weighted by molar-refractivity contribution is 14.0. The fraction of sp³-hybridized carbons (Fsp3) is 0.650. The molecule has 2 aliphatic carbocycles. The molecule has 1 aromatic carbocycles. The molecule has 2 N–H and O–H groups in total. The van der Waals surface area contributed by atoms with E-state index in [-0.39, 0.29) is 24.0 Å². The summed E-state index contributed by atoms with van der Waals surface area (Å²) in [6.45, 7) is 4.96. The van der Waals surface area contributed by atoms with E-state index < -0.39 is 0 Å². The SMILES string of the molecule is CCOC1CC(NC(=NC)NCCOCc2ccccc2)C12CCC2.I. The van der Waals surface area contributed by atoms with Crippen LogP contribution in [0.15, 0.2) is 35.3 Å². The molecule has 2 unspecified atom stereocenters. The summed E-state index contributed by atoms with van der Waals surface area (Å²) in [7, 11) is 1.83. The van der Waals surface area contributed by atoms with Crippen LogP contribution in [0.4, 0.5) is 0 Å². The van der Waals surface area contributed by atoms with Crippen LogP contribution in [0, 0.1) is 5.41 Å². The number of hydrogen-bond donors (Lipinski definition) is 2. The fourth-order valence-corrected chi connectivity index (χ4v) is 4.01. The van der Waals surface area contributed by atoms with Crippen LogP contribution in [-0.4, -0.2) is 44.9 Å². The van der Waals surface area contributed by atoms with Crippen molar-refractivity contribution in [2.75, 3.05) is 26.8 Å². The van der Waals surface area contributed by atoms with Crippen molar-refractivity contribution in [1.29, 1.82) is 0 Å². The lowest BCUT2D eigenvalue weighted by Gasteiger charge is -2.61. The van der Waals surface area contributed by atoms with Gasteiger partial charge in [0.25, 0.3) is 0 Å². The Morgan fingerprint density at radius 3 is 2.65 bits per heavy atom. The highest BCUT2D eigenvalue weighted by Crippen LogP contribution is 2.57. The molecular formula is C20H32IN3O2. The zero-order chi connectivity index (χ0) is 17.5. The number of nitrogens with zero attached hydrogens (tertiary/aromatic N) is 1. The number of ether oxygens (including phenoxy) is 2. The molecule has 0 heterocycles. The molecule has 26 heavy (non-hydrogen) atoms. The summed E-state index contributed by atoms with van der Waals surface area (Å²) in [5, 5.41) is 6.96. The number of rotatable bonds is 8. The van der Waals surface area contributed by atoms with Gasteiger partial charge in [-0.15, -0.1) is 24.0 Å². The van der Waals surface area contributed by atoms with Gasteiger partial charge < -0.3 is 20.1 Å². The van der Waals surface area contributed by atoms with Crippen LogP contribution in [-0.2, 0) is 16.1 Å². The second kappa shape index (κ2) is 10.5. The summed E-state index contributed by atoms with van der Waals surface area (Å²) in [6, 6.07) is 10.7. The van der Waals surface area contributed by atoms with E-state index in [2.05, 4.69) is 34.7 Å². The van der Waals surface area contributed by atoms with Crippen LogP contribution in [0.3, 0.4) is 0 Å². The van der Waals surface area contributed by atoms with Gasteiger partial charge in [0.05, 0.1) is 19.3 Å². The van der Waals surface area contributed by atoms with Crippen molar-refractivity contribution in [2.24, 2.45) is 10.4 Å². The van der Waals surface area contributed by atoms with E-state index in [0.717, 1.165) is 25.5 Å². The van der Waals surface area contributed by atoms with Gasteiger partial charge >= 0.3 is 0 Å². The molecule has 2 saturated carbocycles. The quantitative estimate of drug-likeness (QED) is 0.263. The van der Waals surface area contributed by atoms with E-state index in [9.17, 15) is 0 Å². The molecule has 0 saturated heterocycles. The van der Waals surface area contributed by atoms with Gasteiger partial charge in [0.15, 0.2) is 5.96 Å². The summed E-state index contributed by atoms with van der Waals surface area (Å²) >= 11 is 0. The van der Waals surface area contributed by atoms with E-state index >= 15 is 0 Å². The van der Waals surface area contributed by atoms with Gasteiger partial charge in [-0.05, 0) is 31.7 Å². The van der Waals surface area contributed by atoms with Crippen molar-refractivity contribution >= 4 is 29.9 Å². The second-order valence-electron chi connectivity index (χ2n) is 7.00. The Labute approximate surface area is 174 Å². The highest BCUT2D eigenvalue weighted by atomic mass is 127. The minimum Gasteiger partial charge on any atom is -0.378 e. The third kappa shape index (κ3) is 4.89. The van der Waals surface area contributed by atoms with Crippen molar-refractivity contribution in [2.45, 2.75) is 51.4 Å². The summed E-state index contributed by atoms with van der Waals surface area (Å²) in [5.74, 6) is 0.870. The smallest absolute Gasteiger partial charge is 0.191 e. The van der Waals surface area contributed by atoms with Gasteiger partial charge in [-0.1, -0.05) is 36.8 Å². The first-order valence-corrected chi connectivity index (χ1v) is 9.49. The maximum Gasteiger partial charge on any atom is 0.191 e. The average molecular weight is 473 g/mol. The molecule has 5 nitrogen and oxygen atoms in total. The standard InChI is InChI=1S/C20H31N3O2.HI/c1-3-25-18-14-17(20(18)10-7-11-20)23-19(21-2)22-12-13-24-15-16-8-5-4-6-9-16;/h4-6,8-9,17-18H,3,7,10-15H2,1-2H3,(H2,21,22,23);1H. The molecule has 0 aromatic heterocycles. The minimum absolute atomic E-state index is 0. The first-order valence-electron chi connectivity index (χ1n) is 9.49. The van der Waals surface area contributed by atoms with Gasteiger partial charge in [0.2, 0.25) is 0 Å². The molecule has 0 aliphatic heterocycles. The lowest BCUT2D eigenvalue weighted by atomic mass is 9.51. The molecule has 1 aromatic rings. The van der Waals surface area contributed by atoms with E-state index in [1.54, 1.807) is 0 Å². The Morgan fingerprint density at radius 2 is 2.04 bits per heavy atom.